The summed E-state index contributed by atoms with van der Waals surface area (Å²) >= 11 is 0. The highest BCUT2D eigenvalue weighted by atomic mass is 15.5. The van der Waals surface area contributed by atoms with Crippen LogP contribution in [0.4, 0.5) is 5.69 Å². The molecule has 1 aliphatic heterocycles. The number of pyridine rings is 1. The van der Waals surface area contributed by atoms with Gasteiger partial charge in [0.1, 0.15) is 0 Å². The van der Waals surface area contributed by atoms with E-state index in [4.69, 9.17) is 0 Å². The van der Waals surface area contributed by atoms with Gasteiger partial charge in [-0.2, -0.15) is 5.10 Å². The van der Waals surface area contributed by atoms with Crippen molar-refractivity contribution in [2.45, 2.75) is 6.42 Å². The number of aliphatic imine (C=N–C) groups is 1. The van der Waals surface area contributed by atoms with E-state index >= 15 is 0 Å². The van der Waals surface area contributed by atoms with E-state index in [0.29, 0.717) is 0 Å². The molecule has 0 unspecified atom stereocenters. The molecule has 2 aromatic rings. The van der Waals surface area contributed by atoms with Crippen molar-refractivity contribution >= 4 is 17.7 Å². The molecule has 0 saturated carbocycles. The second-order valence-corrected chi connectivity index (χ2v) is 4.26. The van der Waals surface area contributed by atoms with Crippen LogP contribution in [-0.2, 0) is 0 Å². The minimum absolute atomic E-state index is 0.862. The zero-order valence-electron chi connectivity index (χ0n) is 10.5. The van der Waals surface area contributed by atoms with E-state index in [1.807, 2.05) is 41.6 Å². The van der Waals surface area contributed by atoms with Crippen LogP contribution in [0.5, 0.6) is 0 Å². The van der Waals surface area contributed by atoms with Crippen LogP contribution in [-0.4, -0.2) is 23.6 Å². The zero-order chi connectivity index (χ0) is 12.9. The lowest BCUT2D eigenvalue weighted by atomic mass is 10.3. The second-order valence-electron chi connectivity index (χ2n) is 4.26. The van der Waals surface area contributed by atoms with E-state index in [-0.39, 0.29) is 0 Å². The summed E-state index contributed by atoms with van der Waals surface area (Å²) in [6, 6.07) is 14.0. The molecule has 1 aromatic heterocycles. The Balaban J connectivity index is 1.72. The van der Waals surface area contributed by atoms with E-state index in [2.05, 4.69) is 27.2 Å². The maximum Gasteiger partial charge on any atom is 0.150 e. The number of nitrogens with zero attached hydrogens (tertiary/aromatic N) is 4. The minimum Gasteiger partial charge on any atom is -0.265 e. The van der Waals surface area contributed by atoms with Crippen molar-refractivity contribution in [1.82, 2.24) is 4.98 Å². The van der Waals surface area contributed by atoms with Gasteiger partial charge in [-0.15, -0.1) is 0 Å². The molecular formula is C15H14N4. The lowest BCUT2D eigenvalue weighted by Crippen LogP contribution is -2.11. The lowest BCUT2D eigenvalue weighted by molar-refractivity contribution is 0.922. The minimum atomic E-state index is 0.862. The maximum atomic E-state index is 4.51. The normalized spacial score (nSPS) is 14.9. The SMILES string of the molecule is C(=NC1=NN(c2ccccc2)CC1)c1ccncc1. The molecule has 1 aromatic carbocycles. The maximum absolute atomic E-state index is 4.51. The smallest absolute Gasteiger partial charge is 0.150 e. The summed E-state index contributed by atoms with van der Waals surface area (Å²) in [5.74, 6) is 0.862. The molecule has 2 heterocycles. The first kappa shape index (κ1) is 11.6. The largest absolute Gasteiger partial charge is 0.265 e. The van der Waals surface area contributed by atoms with Crippen LogP contribution >= 0.6 is 0 Å². The standard InChI is InChI=1S/C15H14N4/c1-2-4-14(5-3-1)19-11-8-15(18-19)17-12-13-6-9-16-10-7-13/h1-7,9-10,12H,8,11H2. The third-order valence-corrected chi connectivity index (χ3v) is 2.91. The molecule has 0 aliphatic carbocycles. The van der Waals surface area contributed by atoms with E-state index in [1.165, 1.54) is 0 Å². The second kappa shape index (κ2) is 5.44. The fourth-order valence-corrected chi connectivity index (χ4v) is 1.92. The van der Waals surface area contributed by atoms with Crippen LogP contribution in [0.3, 0.4) is 0 Å². The summed E-state index contributed by atoms with van der Waals surface area (Å²) in [6.07, 6.45) is 6.22. The molecule has 0 radical (unpaired) electrons. The fourth-order valence-electron chi connectivity index (χ4n) is 1.92. The Labute approximate surface area is 112 Å². The average molecular weight is 250 g/mol. The van der Waals surface area contributed by atoms with Crippen LogP contribution in [0, 0.1) is 0 Å². The van der Waals surface area contributed by atoms with E-state index in [0.717, 1.165) is 30.1 Å². The van der Waals surface area contributed by atoms with Crippen molar-refractivity contribution in [2.24, 2.45) is 10.1 Å². The molecule has 0 amide bonds. The quantitative estimate of drug-likeness (QED) is 0.769. The summed E-state index contributed by atoms with van der Waals surface area (Å²) in [5, 5.41) is 6.50. The van der Waals surface area contributed by atoms with Crippen molar-refractivity contribution in [2.75, 3.05) is 11.6 Å². The fraction of sp³-hybridized carbons (Fsp3) is 0.133. The van der Waals surface area contributed by atoms with Crippen molar-refractivity contribution in [3.05, 3.63) is 60.4 Å². The molecule has 0 N–H and O–H groups in total. The van der Waals surface area contributed by atoms with E-state index in [9.17, 15) is 0 Å². The highest BCUT2D eigenvalue weighted by Crippen LogP contribution is 2.18. The molecule has 0 saturated heterocycles. The number of aromatic nitrogens is 1. The van der Waals surface area contributed by atoms with Gasteiger partial charge < -0.3 is 0 Å². The molecule has 19 heavy (non-hydrogen) atoms. The topological polar surface area (TPSA) is 40.9 Å². The van der Waals surface area contributed by atoms with Crippen LogP contribution in [0.1, 0.15) is 12.0 Å². The molecule has 1 aliphatic rings. The molecule has 0 fully saturated rings. The predicted molar refractivity (Wildman–Crippen MR) is 77.7 cm³/mol. The Kier molecular flexibility index (Phi) is 3.32. The molecule has 4 heteroatoms. The van der Waals surface area contributed by atoms with Crippen molar-refractivity contribution in [3.8, 4) is 0 Å². The van der Waals surface area contributed by atoms with Crippen molar-refractivity contribution in [3.63, 3.8) is 0 Å². The van der Waals surface area contributed by atoms with Crippen molar-refractivity contribution < 1.29 is 0 Å². The highest BCUT2D eigenvalue weighted by Gasteiger charge is 2.14. The van der Waals surface area contributed by atoms with Gasteiger partial charge >= 0.3 is 0 Å². The number of hydrogen-bond acceptors (Lipinski definition) is 4. The average Bonchev–Trinajstić information content (AvgIpc) is 2.96. The number of benzene rings is 1. The highest BCUT2D eigenvalue weighted by molar-refractivity contribution is 5.96. The van der Waals surface area contributed by atoms with Gasteiger partial charge in [-0.05, 0) is 29.8 Å². The first-order chi connectivity index (χ1) is 9.42. The molecule has 0 spiro atoms. The van der Waals surface area contributed by atoms with E-state index < -0.39 is 0 Å². The monoisotopic (exact) mass is 250 g/mol. The number of hydrogen-bond donors (Lipinski definition) is 0. The van der Waals surface area contributed by atoms with Crippen LogP contribution in [0.2, 0.25) is 0 Å². The first-order valence-electron chi connectivity index (χ1n) is 6.26. The van der Waals surface area contributed by atoms with Gasteiger partial charge in [0.05, 0.1) is 5.69 Å². The Morgan fingerprint density at radius 3 is 2.63 bits per heavy atom. The van der Waals surface area contributed by atoms with Gasteiger partial charge in [-0.1, -0.05) is 18.2 Å². The molecule has 3 rings (SSSR count). The van der Waals surface area contributed by atoms with Crippen molar-refractivity contribution in [1.29, 1.82) is 0 Å². The van der Waals surface area contributed by atoms with Gasteiger partial charge in [0.25, 0.3) is 0 Å². The summed E-state index contributed by atoms with van der Waals surface area (Å²) in [4.78, 5) is 8.40. The van der Waals surface area contributed by atoms with Gasteiger partial charge in [0, 0.05) is 31.6 Å². The summed E-state index contributed by atoms with van der Waals surface area (Å²) in [5.41, 5.74) is 2.15. The summed E-state index contributed by atoms with van der Waals surface area (Å²) in [6.45, 7) is 0.882. The van der Waals surface area contributed by atoms with Gasteiger partial charge in [-0.25, -0.2) is 4.99 Å². The van der Waals surface area contributed by atoms with Gasteiger partial charge in [0.15, 0.2) is 5.84 Å². The summed E-state index contributed by atoms with van der Waals surface area (Å²) in [7, 11) is 0. The van der Waals surface area contributed by atoms with Crippen LogP contribution in [0.15, 0.2) is 65.0 Å². The Morgan fingerprint density at radius 2 is 1.84 bits per heavy atom. The van der Waals surface area contributed by atoms with Gasteiger partial charge in [0.2, 0.25) is 0 Å². The molecular weight excluding hydrogens is 236 g/mol. The molecule has 4 nitrogen and oxygen atoms in total. The number of anilines is 1. The Bertz CT molecular complexity index is 590. The number of rotatable bonds is 2. The van der Waals surface area contributed by atoms with Gasteiger partial charge in [-0.3, -0.25) is 9.99 Å². The number of amidine groups is 1. The Hall–Kier alpha value is -2.49. The number of para-hydroxylation sites is 1. The van der Waals surface area contributed by atoms with E-state index in [1.54, 1.807) is 12.4 Å². The Morgan fingerprint density at radius 1 is 1.05 bits per heavy atom. The zero-order valence-corrected chi connectivity index (χ0v) is 10.5. The summed E-state index contributed by atoms with van der Waals surface area (Å²) < 4.78 is 0. The molecule has 94 valence electrons. The first-order valence-corrected chi connectivity index (χ1v) is 6.26. The molecule has 0 atom stereocenters. The lowest BCUT2D eigenvalue weighted by Gasteiger charge is -2.11. The third-order valence-electron chi connectivity index (χ3n) is 2.91. The molecule has 0 bridgehead atoms. The van der Waals surface area contributed by atoms with Crippen LogP contribution < -0.4 is 5.01 Å². The number of hydrazone groups is 1. The predicted octanol–water partition coefficient (Wildman–Crippen LogP) is 2.72. The van der Waals surface area contributed by atoms with Crippen LogP contribution in [0.25, 0.3) is 0 Å². The third kappa shape index (κ3) is 2.85.